The van der Waals surface area contributed by atoms with Gasteiger partial charge in [0.15, 0.2) is 0 Å². The van der Waals surface area contributed by atoms with Crippen LogP contribution in [0.1, 0.15) is 19.5 Å². The molecule has 0 saturated carbocycles. The quantitative estimate of drug-likeness (QED) is 0.565. The average molecular weight is 207 g/mol. The molecule has 3 nitrogen and oxygen atoms in total. The maximum atomic E-state index is 9.53. The van der Waals surface area contributed by atoms with Gasteiger partial charge >= 0.3 is 0 Å². The lowest BCUT2D eigenvalue weighted by atomic mass is 10.1. The molecule has 1 aromatic rings. The minimum absolute atomic E-state index is 0.0413. The van der Waals surface area contributed by atoms with E-state index < -0.39 is 5.60 Å². The van der Waals surface area contributed by atoms with E-state index in [0.717, 1.165) is 0 Å². The van der Waals surface area contributed by atoms with Crippen LogP contribution in [0, 0.1) is 0 Å². The van der Waals surface area contributed by atoms with Crippen molar-refractivity contribution in [3.63, 3.8) is 0 Å². The SMILES string of the molecule is CC(C)(O)c1cc(Cl)nc(Cl)n1. The van der Waals surface area contributed by atoms with Crippen molar-refractivity contribution in [2.75, 3.05) is 0 Å². The van der Waals surface area contributed by atoms with Crippen LogP contribution in [0.3, 0.4) is 0 Å². The number of hydrogen-bond donors (Lipinski definition) is 1. The van der Waals surface area contributed by atoms with Crippen LogP contribution in [0.25, 0.3) is 0 Å². The number of nitrogens with zero attached hydrogens (tertiary/aromatic N) is 2. The molecule has 0 saturated heterocycles. The molecule has 0 aromatic carbocycles. The molecule has 0 unspecified atom stereocenters. The van der Waals surface area contributed by atoms with E-state index in [9.17, 15) is 5.11 Å². The van der Waals surface area contributed by atoms with Gasteiger partial charge in [-0.15, -0.1) is 0 Å². The van der Waals surface area contributed by atoms with E-state index in [1.54, 1.807) is 13.8 Å². The second kappa shape index (κ2) is 3.17. The first-order valence-electron chi connectivity index (χ1n) is 3.32. The molecule has 1 aromatic heterocycles. The summed E-state index contributed by atoms with van der Waals surface area (Å²) in [6, 6.07) is 1.48. The average Bonchev–Trinajstić information content (AvgIpc) is 1.82. The smallest absolute Gasteiger partial charge is 0.224 e. The summed E-state index contributed by atoms with van der Waals surface area (Å²) in [5.41, 5.74) is -0.636. The summed E-state index contributed by atoms with van der Waals surface area (Å²) in [6.07, 6.45) is 0. The Morgan fingerprint density at radius 2 is 1.92 bits per heavy atom. The van der Waals surface area contributed by atoms with Crippen molar-refractivity contribution in [1.82, 2.24) is 9.97 Å². The molecular formula is C7H8Cl2N2O. The number of rotatable bonds is 1. The largest absolute Gasteiger partial charge is 0.384 e. The minimum atomic E-state index is -1.05. The minimum Gasteiger partial charge on any atom is -0.384 e. The Bertz CT molecular complexity index is 276. The van der Waals surface area contributed by atoms with Crippen LogP contribution >= 0.6 is 23.2 Å². The summed E-state index contributed by atoms with van der Waals surface area (Å²) in [5.74, 6) is 0. The number of aromatic nitrogens is 2. The van der Waals surface area contributed by atoms with Gasteiger partial charge in [0.05, 0.1) is 5.69 Å². The van der Waals surface area contributed by atoms with Gasteiger partial charge in [0, 0.05) is 6.07 Å². The van der Waals surface area contributed by atoms with Gasteiger partial charge in [-0.3, -0.25) is 0 Å². The second-order valence-electron chi connectivity index (χ2n) is 2.90. The Labute approximate surface area is 80.4 Å². The van der Waals surface area contributed by atoms with Crippen LogP contribution in [0.15, 0.2) is 6.07 Å². The van der Waals surface area contributed by atoms with Gasteiger partial charge in [-0.1, -0.05) is 11.6 Å². The molecule has 1 rings (SSSR count). The van der Waals surface area contributed by atoms with Gasteiger partial charge in [-0.2, -0.15) is 0 Å². The van der Waals surface area contributed by atoms with E-state index in [0.29, 0.717) is 5.69 Å². The zero-order chi connectivity index (χ0) is 9.35. The van der Waals surface area contributed by atoms with Crippen LogP contribution in [0.2, 0.25) is 10.4 Å². The highest BCUT2D eigenvalue weighted by molar-refractivity contribution is 6.31. The molecule has 1 heterocycles. The Balaban J connectivity index is 3.18. The molecule has 0 fully saturated rings. The zero-order valence-electron chi connectivity index (χ0n) is 6.67. The van der Waals surface area contributed by atoms with Crippen molar-refractivity contribution in [1.29, 1.82) is 0 Å². The summed E-state index contributed by atoms with van der Waals surface area (Å²) in [7, 11) is 0. The fraction of sp³-hybridized carbons (Fsp3) is 0.429. The van der Waals surface area contributed by atoms with Gasteiger partial charge in [0.25, 0.3) is 0 Å². The van der Waals surface area contributed by atoms with Crippen LogP contribution in [-0.4, -0.2) is 15.1 Å². The van der Waals surface area contributed by atoms with Crippen molar-refractivity contribution in [2.45, 2.75) is 19.4 Å². The first kappa shape index (κ1) is 9.71. The molecule has 0 bridgehead atoms. The van der Waals surface area contributed by atoms with E-state index in [1.807, 2.05) is 0 Å². The molecule has 5 heteroatoms. The number of aliphatic hydroxyl groups is 1. The maximum absolute atomic E-state index is 9.53. The zero-order valence-corrected chi connectivity index (χ0v) is 8.19. The van der Waals surface area contributed by atoms with Crippen LogP contribution in [-0.2, 0) is 5.60 Å². The van der Waals surface area contributed by atoms with E-state index in [4.69, 9.17) is 23.2 Å². The first-order chi connectivity index (χ1) is 5.39. The van der Waals surface area contributed by atoms with Crippen LogP contribution < -0.4 is 0 Å². The lowest BCUT2D eigenvalue weighted by molar-refractivity contribution is 0.0737. The molecular weight excluding hydrogens is 199 g/mol. The number of halogens is 2. The Hall–Kier alpha value is -0.380. The summed E-state index contributed by atoms with van der Waals surface area (Å²) in [5, 5.41) is 9.80. The summed E-state index contributed by atoms with van der Waals surface area (Å²) in [6.45, 7) is 3.20. The van der Waals surface area contributed by atoms with Gasteiger partial charge in [0.2, 0.25) is 5.28 Å². The normalized spacial score (nSPS) is 11.8. The van der Waals surface area contributed by atoms with Crippen LogP contribution in [0.5, 0.6) is 0 Å². The molecule has 12 heavy (non-hydrogen) atoms. The molecule has 0 radical (unpaired) electrons. The fourth-order valence-electron chi connectivity index (χ4n) is 0.703. The Morgan fingerprint density at radius 1 is 1.33 bits per heavy atom. The number of hydrogen-bond acceptors (Lipinski definition) is 3. The molecule has 0 aliphatic heterocycles. The van der Waals surface area contributed by atoms with Gasteiger partial charge in [0.1, 0.15) is 10.8 Å². The van der Waals surface area contributed by atoms with Gasteiger partial charge in [-0.05, 0) is 25.4 Å². The topological polar surface area (TPSA) is 46.0 Å². The molecule has 0 aliphatic carbocycles. The van der Waals surface area contributed by atoms with Crippen molar-refractivity contribution >= 4 is 23.2 Å². The van der Waals surface area contributed by atoms with E-state index in [1.165, 1.54) is 6.07 Å². The van der Waals surface area contributed by atoms with E-state index in [-0.39, 0.29) is 10.4 Å². The highest BCUT2D eigenvalue weighted by Gasteiger charge is 2.19. The summed E-state index contributed by atoms with van der Waals surface area (Å²) < 4.78 is 0. The first-order valence-corrected chi connectivity index (χ1v) is 4.08. The molecule has 0 aliphatic rings. The lowest BCUT2D eigenvalue weighted by Crippen LogP contribution is -2.17. The van der Waals surface area contributed by atoms with Crippen LogP contribution in [0.4, 0.5) is 0 Å². The highest BCUT2D eigenvalue weighted by Crippen LogP contribution is 2.20. The Morgan fingerprint density at radius 3 is 2.33 bits per heavy atom. The summed E-state index contributed by atoms with van der Waals surface area (Å²) in [4.78, 5) is 7.48. The van der Waals surface area contributed by atoms with Crippen molar-refractivity contribution in [3.05, 3.63) is 22.2 Å². The van der Waals surface area contributed by atoms with E-state index >= 15 is 0 Å². The maximum Gasteiger partial charge on any atom is 0.224 e. The van der Waals surface area contributed by atoms with Gasteiger partial charge < -0.3 is 5.11 Å². The van der Waals surface area contributed by atoms with Crippen molar-refractivity contribution < 1.29 is 5.11 Å². The predicted octanol–water partition coefficient (Wildman–Crippen LogP) is 2.01. The monoisotopic (exact) mass is 206 g/mol. The molecule has 0 spiro atoms. The molecule has 0 amide bonds. The Kier molecular flexibility index (Phi) is 2.56. The third-order valence-corrected chi connectivity index (χ3v) is 1.66. The molecule has 0 atom stereocenters. The fourth-order valence-corrected chi connectivity index (χ4v) is 1.11. The third kappa shape index (κ3) is 2.30. The highest BCUT2D eigenvalue weighted by atomic mass is 35.5. The van der Waals surface area contributed by atoms with Crippen molar-refractivity contribution in [2.24, 2.45) is 0 Å². The second-order valence-corrected chi connectivity index (χ2v) is 3.63. The van der Waals surface area contributed by atoms with Crippen molar-refractivity contribution in [3.8, 4) is 0 Å². The molecule has 66 valence electrons. The predicted molar refractivity (Wildman–Crippen MR) is 47.3 cm³/mol. The summed E-state index contributed by atoms with van der Waals surface area (Å²) >= 11 is 11.1. The molecule has 1 N–H and O–H groups in total. The lowest BCUT2D eigenvalue weighted by Gasteiger charge is -2.15. The van der Waals surface area contributed by atoms with E-state index in [2.05, 4.69) is 9.97 Å². The standard InChI is InChI=1S/C7H8Cl2N2O/c1-7(2,12)4-3-5(8)11-6(9)10-4/h3,12H,1-2H3. The third-order valence-electron chi connectivity index (χ3n) is 1.29. The van der Waals surface area contributed by atoms with Gasteiger partial charge in [-0.25, -0.2) is 9.97 Å².